The van der Waals surface area contributed by atoms with E-state index >= 15 is 0 Å². The third-order valence-electron chi connectivity index (χ3n) is 6.44. The molecule has 1 heterocycles. The number of amides is 1. The van der Waals surface area contributed by atoms with Crippen molar-refractivity contribution in [3.8, 4) is 0 Å². The Balaban J connectivity index is 1.62. The minimum Gasteiger partial charge on any atom is -0.481 e. The zero-order chi connectivity index (χ0) is 27.6. The van der Waals surface area contributed by atoms with Crippen molar-refractivity contribution in [2.24, 2.45) is 12.8 Å². The Bertz CT molecular complexity index is 1540. The second kappa shape index (κ2) is 10.7. The molecule has 0 bridgehead atoms. The van der Waals surface area contributed by atoms with Gasteiger partial charge in [0, 0.05) is 30.4 Å². The highest BCUT2D eigenvalue weighted by molar-refractivity contribution is 6.08. The van der Waals surface area contributed by atoms with Crippen LogP contribution in [0, 0.1) is 25.1 Å². The van der Waals surface area contributed by atoms with Crippen LogP contribution in [0.5, 0.6) is 0 Å². The number of nitrogen functional groups attached to an aromatic ring is 1. The number of anilines is 2. The molecule has 0 spiro atoms. The summed E-state index contributed by atoms with van der Waals surface area (Å²) in [5, 5.41) is 19.7. The van der Waals surface area contributed by atoms with Crippen molar-refractivity contribution in [1.82, 2.24) is 9.55 Å². The predicted molar refractivity (Wildman–Crippen MR) is 145 cm³/mol. The number of amidine groups is 1. The zero-order valence-corrected chi connectivity index (χ0v) is 21.4. The van der Waals surface area contributed by atoms with Crippen LogP contribution in [0.4, 0.5) is 15.8 Å². The number of carbonyl (C=O) groups is 2. The Morgan fingerprint density at radius 3 is 2.42 bits per heavy atom. The van der Waals surface area contributed by atoms with E-state index in [2.05, 4.69) is 10.3 Å². The van der Waals surface area contributed by atoms with E-state index in [9.17, 15) is 19.1 Å². The molecule has 1 amide bonds. The first-order valence-electron chi connectivity index (χ1n) is 12.0. The summed E-state index contributed by atoms with van der Waals surface area (Å²) in [6.45, 7) is 4.03. The fourth-order valence-electron chi connectivity index (χ4n) is 4.45. The highest BCUT2D eigenvalue weighted by atomic mass is 19.1. The molecule has 5 N–H and O–H groups in total. The summed E-state index contributed by atoms with van der Waals surface area (Å²) >= 11 is 0. The standard InChI is InChI=1S/C28H29FN6O3/c1-16-5-4-6-17(2)26(16)35(12-11-25(36)37)28(38)19-8-10-23-22(14-19)33-24(34(23)3)15-32-21-9-7-18(27(30)31)13-20(21)29/h4-10,13-14,32H,11-12,15H2,1-3H3,(H3,30,31)(H,36,37). The van der Waals surface area contributed by atoms with Crippen LogP contribution >= 0.6 is 0 Å². The summed E-state index contributed by atoms with van der Waals surface area (Å²) in [6, 6.07) is 15.1. The molecule has 38 heavy (non-hydrogen) atoms. The number of hydrogen-bond donors (Lipinski definition) is 4. The average molecular weight is 517 g/mol. The van der Waals surface area contributed by atoms with E-state index in [1.807, 2.05) is 43.7 Å². The lowest BCUT2D eigenvalue weighted by atomic mass is 10.1. The summed E-state index contributed by atoms with van der Waals surface area (Å²) in [5.74, 6) is -1.42. The highest BCUT2D eigenvalue weighted by Crippen LogP contribution is 2.28. The predicted octanol–water partition coefficient (Wildman–Crippen LogP) is 4.35. The normalized spacial score (nSPS) is 10.9. The Kier molecular flexibility index (Phi) is 7.43. The molecule has 0 aliphatic heterocycles. The van der Waals surface area contributed by atoms with Crippen LogP contribution in [0.2, 0.25) is 0 Å². The van der Waals surface area contributed by atoms with Crippen molar-refractivity contribution in [2.75, 3.05) is 16.8 Å². The first-order valence-corrected chi connectivity index (χ1v) is 12.0. The lowest BCUT2D eigenvalue weighted by molar-refractivity contribution is -0.136. The first kappa shape index (κ1) is 26.3. The quantitative estimate of drug-likeness (QED) is 0.193. The maximum absolute atomic E-state index is 14.4. The van der Waals surface area contributed by atoms with Crippen LogP contribution < -0.4 is 16.0 Å². The van der Waals surface area contributed by atoms with Crippen molar-refractivity contribution in [1.29, 1.82) is 5.41 Å². The summed E-state index contributed by atoms with van der Waals surface area (Å²) in [5.41, 5.74) is 10.2. The number of rotatable bonds is 9. The van der Waals surface area contributed by atoms with Crippen LogP contribution in [0.25, 0.3) is 11.0 Å². The molecule has 0 unspecified atom stereocenters. The number of halogens is 1. The number of aromatic nitrogens is 2. The number of hydrogen-bond acceptors (Lipinski definition) is 5. The number of carboxylic acids is 1. The lowest BCUT2D eigenvalue weighted by Gasteiger charge is -2.26. The summed E-state index contributed by atoms with van der Waals surface area (Å²) in [7, 11) is 1.83. The molecule has 0 fully saturated rings. The van der Waals surface area contributed by atoms with Gasteiger partial charge in [0.1, 0.15) is 17.5 Å². The molecule has 0 saturated carbocycles. The van der Waals surface area contributed by atoms with Gasteiger partial charge in [-0.05, 0) is 61.4 Å². The third kappa shape index (κ3) is 5.34. The van der Waals surface area contributed by atoms with Gasteiger partial charge in [0.05, 0.1) is 29.7 Å². The van der Waals surface area contributed by atoms with Gasteiger partial charge in [0.15, 0.2) is 0 Å². The van der Waals surface area contributed by atoms with Gasteiger partial charge in [0.2, 0.25) is 0 Å². The second-order valence-electron chi connectivity index (χ2n) is 9.09. The first-order chi connectivity index (χ1) is 18.1. The summed E-state index contributed by atoms with van der Waals surface area (Å²) in [6.07, 6.45) is -0.189. The number of aliphatic carboxylic acids is 1. The fraction of sp³-hybridized carbons (Fsp3) is 0.214. The molecule has 0 atom stereocenters. The molecular weight excluding hydrogens is 487 g/mol. The van der Waals surface area contributed by atoms with Gasteiger partial charge in [-0.15, -0.1) is 0 Å². The van der Waals surface area contributed by atoms with Gasteiger partial charge in [-0.1, -0.05) is 18.2 Å². The molecule has 1 aromatic heterocycles. The number of imidazole rings is 1. The maximum Gasteiger partial charge on any atom is 0.305 e. The van der Waals surface area contributed by atoms with Gasteiger partial charge in [0.25, 0.3) is 5.91 Å². The number of nitrogens with zero attached hydrogens (tertiary/aromatic N) is 3. The number of benzene rings is 3. The van der Waals surface area contributed by atoms with Gasteiger partial charge in [-0.3, -0.25) is 15.0 Å². The number of carbonyl (C=O) groups excluding carboxylic acids is 1. The molecule has 4 aromatic rings. The van der Waals surface area contributed by atoms with E-state index in [0.717, 1.165) is 16.6 Å². The molecule has 0 aliphatic carbocycles. The van der Waals surface area contributed by atoms with Gasteiger partial charge >= 0.3 is 5.97 Å². The number of carboxylic acid groups (broad SMARTS) is 1. The minimum absolute atomic E-state index is 0.0310. The van der Waals surface area contributed by atoms with Gasteiger partial charge in [-0.2, -0.15) is 0 Å². The van der Waals surface area contributed by atoms with Crippen LogP contribution in [-0.2, 0) is 18.4 Å². The molecule has 3 aromatic carbocycles. The Labute approximate surface area is 219 Å². The number of nitrogens with two attached hydrogens (primary N) is 1. The minimum atomic E-state index is -0.987. The van der Waals surface area contributed by atoms with E-state index in [1.165, 1.54) is 17.0 Å². The lowest BCUT2D eigenvalue weighted by Crippen LogP contribution is -2.34. The van der Waals surface area contributed by atoms with E-state index in [0.29, 0.717) is 28.2 Å². The zero-order valence-electron chi connectivity index (χ0n) is 21.4. The fourth-order valence-corrected chi connectivity index (χ4v) is 4.45. The summed E-state index contributed by atoms with van der Waals surface area (Å²) in [4.78, 5) is 31.1. The molecule has 4 rings (SSSR count). The molecule has 0 aliphatic rings. The van der Waals surface area contributed by atoms with Crippen molar-refractivity contribution in [3.63, 3.8) is 0 Å². The van der Waals surface area contributed by atoms with E-state index in [1.54, 1.807) is 24.3 Å². The highest BCUT2D eigenvalue weighted by Gasteiger charge is 2.23. The molecule has 196 valence electrons. The molecular formula is C28H29FN6O3. The molecule has 9 nitrogen and oxygen atoms in total. The Morgan fingerprint density at radius 1 is 1.11 bits per heavy atom. The molecule has 10 heteroatoms. The van der Waals surface area contributed by atoms with Crippen LogP contribution in [-0.4, -0.2) is 38.9 Å². The number of para-hydroxylation sites is 1. The number of aryl methyl sites for hydroxylation is 3. The summed E-state index contributed by atoms with van der Waals surface area (Å²) < 4.78 is 16.3. The van der Waals surface area contributed by atoms with Crippen molar-refractivity contribution in [3.05, 3.63) is 88.5 Å². The van der Waals surface area contributed by atoms with E-state index in [4.69, 9.17) is 11.1 Å². The maximum atomic E-state index is 14.4. The Morgan fingerprint density at radius 2 is 1.79 bits per heavy atom. The second-order valence-corrected chi connectivity index (χ2v) is 9.09. The van der Waals surface area contributed by atoms with Crippen molar-refractivity contribution < 1.29 is 19.1 Å². The number of fused-ring (bicyclic) bond motifs is 1. The smallest absolute Gasteiger partial charge is 0.305 e. The molecule has 0 radical (unpaired) electrons. The van der Waals surface area contributed by atoms with Crippen molar-refractivity contribution >= 4 is 40.1 Å². The van der Waals surface area contributed by atoms with E-state index < -0.39 is 11.8 Å². The SMILES string of the molecule is Cc1cccc(C)c1N(CCC(=O)O)C(=O)c1ccc2c(c1)nc(CNc1ccc(C(=N)N)cc1F)n2C. The largest absolute Gasteiger partial charge is 0.481 e. The van der Waals surface area contributed by atoms with Crippen LogP contribution in [0.15, 0.2) is 54.6 Å². The van der Waals surface area contributed by atoms with E-state index in [-0.39, 0.29) is 36.9 Å². The Hall–Kier alpha value is -4.73. The average Bonchev–Trinajstić information content (AvgIpc) is 3.19. The van der Waals surface area contributed by atoms with Crippen LogP contribution in [0.3, 0.4) is 0 Å². The van der Waals surface area contributed by atoms with Gasteiger partial charge < -0.3 is 25.6 Å². The third-order valence-corrected chi connectivity index (χ3v) is 6.44. The van der Waals surface area contributed by atoms with Crippen molar-refractivity contribution in [2.45, 2.75) is 26.8 Å². The monoisotopic (exact) mass is 516 g/mol. The number of nitrogens with one attached hydrogen (secondary N) is 2. The van der Waals surface area contributed by atoms with Crippen LogP contribution in [0.1, 0.15) is 39.3 Å². The van der Waals surface area contributed by atoms with Gasteiger partial charge in [-0.25, -0.2) is 9.37 Å². The molecule has 0 saturated heterocycles. The topological polar surface area (TPSA) is 137 Å².